The zero-order valence-corrected chi connectivity index (χ0v) is 14.5. The van der Waals surface area contributed by atoms with E-state index in [2.05, 4.69) is 0 Å². The number of piperidine rings is 1. The van der Waals surface area contributed by atoms with Gasteiger partial charge in [0.15, 0.2) is 0 Å². The normalized spacial score (nSPS) is 20.9. The van der Waals surface area contributed by atoms with Gasteiger partial charge in [0, 0.05) is 39.4 Å². The van der Waals surface area contributed by atoms with Crippen molar-refractivity contribution in [2.45, 2.75) is 38.2 Å². The van der Waals surface area contributed by atoms with Crippen LogP contribution in [0.5, 0.6) is 0 Å². The van der Waals surface area contributed by atoms with Gasteiger partial charge in [0.1, 0.15) is 5.56 Å². The number of carbonyl (C=O) groups excluding carboxylic acids is 2. The average Bonchev–Trinajstić information content (AvgIpc) is 2.58. The first-order valence-corrected chi connectivity index (χ1v) is 8.09. The molecule has 7 nitrogen and oxygen atoms in total. The highest BCUT2D eigenvalue weighted by molar-refractivity contribution is 5.94. The first kappa shape index (κ1) is 18.2. The van der Waals surface area contributed by atoms with Crippen LogP contribution >= 0.6 is 0 Å². The third-order valence-electron chi connectivity index (χ3n) is 4.87. The molecule has 1 saturated heterocycles. The minimum absolute atomic E-state index is 0.157. The molecule has 1 aliphatic rings. The summed E-state index contributed by atoms with van der Waals surface area (Å²) in [6.45, 7) is 2.74. The molecule has 0 aliphatic carbocycles. The Hall–Kier alpha value is -2.15. The second-order valence-electron chi connectivity index (χ2n) is 6.44. The lowest BCUT2D eigenvalue weighted by Gasteiger charge is -2.41. The summed E-state index contributed by atoms with van der Waals surface area (Å²) >= 11 is 0. The van der Waals surface area contributed by atoms with Crippen LogP contribution in [0.25, 0.3) is 0 Å². The number of primary amides is 1. The summed E-state index contributed by atoms with van der Waals surface area (Å²) in [7, 11) is 3.23. The summed E-state index contributed by atoms with van der Waals surface area (Å²) in [5, 5.41) is 0. The fourth-order valence-electron chi connectivity index (χ4n) is 3.16. The molecule has 0 bridgehead atoms. The van der Waals surface area contributed by atoms with E-state index in [9.17, 15) is 14.4 Å². The Morgan fingerprint density at radius 2 is 2.08 bits per heavy atom. The van der Waals surface area contributed by atoms with E-state index in [0.717, 1.165) is 18.5 Å². The van der Waals surface area contributed by atoms with Crippen LogP contribution in [0.15, 0.2) is 16.9 Å². The van der Waals surface area contributed by atoms with Gasteiger partial charge in [-0.2, -0.15) is 0 Å². The van der Waals surface area contributed by atoms with E-state index in [4.69, 9.17) is 10.5 Å². The van der Waals surface area contributed by atoms with Crippen LogP contribution in [0.1, 0.15) is 41.7 Å². The van der Waals surface area contributed by atoms with Gasteiger partial charge in [-0.15, -0.1) is 0 Å². The minimum atomic E-state index is -0.584. The van der Waals surface area contributed by atoms with Crippen molar-refractivity contribution in [2.75, 3.05) is 20.2 Å². The molecule has 1 aromatic rings. The van der Waals surface area contributed by atoms with Crippen LogP contribution in [0.3, 0.4) is 0 Å². The van der Waals surface area contributed by atoms with Gasteiger partial charge < -0.3 is 19.9 Å². The number of carbonyl (C=O) groups is 2. The van der Waals surface area contributed by atoms with Crippen molar-refractivity contribution in [1.29, 1.82) is 0 Å². The van der Waals surface area contributed by atoms with Crippen LogP contribution in [0.4, 0.5) is 0 Å². The van der Waals surface area contributed by atoms with E-state index >= 15 is 0 Å². The lowest BCUT2D eigenvalue weighted by Crippen LogP contribution is -2.52. The van der Waals surface area contributed by atoms with Crippen LogP contribution in [-0.4, -0.2) is 47.1 Å². The smallest absolute Gasteiger partial charge is 0.263 e. The molecule has 1 aromatic heterocycles. The molecule has 2 amide bonds. The maximum absolute atomic E-state index is 12.8. The van der Waals surface area contributed by atoms with E-state index in [-0.39, 0.29) is 29.4 Å². The third-order valence-corrected chi connectivity index (χ3v) is 4.87. The monoisotopic (exact) mass is 335 g/mol. The lowest BCUT2D eigenvalue weighted by atomic mass is 9.87. The third kappa shape index (κ3) is 3.67. The minimum Gasteiger partial charge on any atom is -0.376 e. The number of likely N-dealkylation sites (tertiary alicyclic amines) is 1. The molecule has 0 aromatic carbocycles. The number of hydrogen-bond acceptors (Lipinski definition) is 4. The second kappa shape index (κ2) is 7.17. The van der Waals surface area contributed by atoms with Gasteiger partial charge in [-0.3, -0.25) is 14.4 Å². The highest BCUT2D eigenvalue weighted by Crippen LogP contribution is 2.29. The van der Waals surface area contributed by atoms with Crippen molar-refractivity contribution in [3.05, 3.63) is 33.7 Å². The number of nitrogens with zero attached hydrogens (tertiary/aromatic N) is 2. The van der Waals surface area contributed by atoms with Gasteiger partial charge in [0.25, 0.3) is 11.5 Å². The molecule has 0 spiro atoms. The summed E-state index contributed by atoms with van der Waals surface area (Å²) in [5.41, 5.74) is 5.31. The van der Waals surface area contributed by atoms with Crippen molar-refractivity contribution < 1.29 is 14.3 Å². The number of hydrogen-bond donors (Lipinski definition) is 1. The van der Waals surface area contributed by atoms with E-state index in [1.54, 1.807) is 31.2 Å². The fourth-order valence-corrected chi connectivity index (χ4v) is 3.16. The van der Waals surface area contributed by atoms with Crippen LogP contribution < -0.4 is 11.3 Å². The molecular weight excluding hydrogens is 310 g/mol. The summed E-state index contributed by atoms with van der Waals surface area (Å²) in [5.74, 6) is -0.682. The van der Waals surface area contributed by atoms with Crippen molar-refractivity contribution in [3.8, 4) is 0 Å². The summed E-state index contributed by atoms with van der Waals surface area (Å²) in [4.78, 5) is 37.9. The first-order chi connectivity index (χ1) is 11.3. The number of amides is 2. The predicted molar refractivity (Wildman–Crippen MR) is 89.7 cm³/mol. The van der Waals surface area contributed by atoms with Gasteiger partial charge in [-0.1, -0.05) is 0 Å². The van der Waals surface area contributed by atoms with Gasteiger partial charge in [-0.25, -0.2) is 0 Å². The second-order valence-corrected chi connectivity index (χ2v) is 6.44. The maximum atomic E-state index is 12.8. The molecular formula is C17H25N3O4. The highest BCUT2D eigenvalue weighted by Gasteiger charge is 2.38. The van der Waals surface area contributed by atoms with E-state index in [0.29, 0.717) is 19.5 Å². The topological polar surface area (TPSA) is 94.6 Å². The predicted octanol–water partition coefficient (Wildman–Crippen LogP) is 0.580. The molecule has 2 N–H and O–H groups in total. The number of ether oxygens (including phenoxy) is 1. The number of methoxy groups -OCH3 is 1. The Morgan fingerprint density at radius 1 is 1.38 bits per heavy atom. The van der Waals surface area contributed by atoms with Crippen LogP contribution in [0, 0.1) is 6.92 Å². The number of aryl methyl sites for hydroxylation is 1. The molecule has 1 unspecified atom stereocenters. The maximum Gasteiger partial charge on any atom is 0.263 e. The lowest BCUT2D eigenvalue weighted by molar-refractivity contribution is -0.121. The zero-order valence-electron chi connectivity index (χ0n) is 14.5. The van der Waals surface area contributed by atoms with Crippen LogP contribution in [0.2, 0.25) is 0 Å². The molecule has 7 heteroatoms. The SMILES string of the molecule is COC1(CCC(N)=O)CCCN(C(=O)c2ccc(C)n(C)c2=O)C1. The zero-order chi connectivity index (χ0) is 17.9. The standard InChI is InChI=1S/C17H25N3O4/c1-12-5-6-13(15(22)19(12)2)16(23)20-10-4-8-17(11-20,24-3)9-7-14(18)21/h5-6H,4,7-11H2,1-3H3,(H2,18,21). The Morgan fingerprint density at radius 3 is 2.71 bits per heavy atom. The largest absolute Gasteiger partial charge is 0.376 e. The molecule has 2 heterocycles. The Balaban J connectivity index is 2.22. The van der Waals surface area contributed by atoms with Gasteiger partial charge in [0.05, 0.1) is 5.60 Å². The van der Waals surface area contributed by atoms with E-state index in [1.807, 2.05) is 6.92 Å². The summed E-state index contributed by atoms with van der Waals surface area (Å²) in [6.07, 6.45) is 2.19. The van der Waals surface area contributed by atoms with E-state index in [1.165, 1.54) is 4.57 Å². The molecule has 24 heavy (non-hydrogen) atoms. The number of aromatic nitrogens is 1. The molecule has 1 atom stereocenters. The van der Waals surface area contributed by atoms with E-state index < -0.39 is 5.60 Å². The molecule has 0 saturated carbocycles. The van der Waals surface area contributed by atoms with Crippen molar-refractivity contribution in [3.63, 3.8) is 0 Å². The fraction of sp³-hybridized carbons (Fsp3) is 0.588. The Bertz CT molecular complexity index is 698. The molecule has 0 radical (unpaired) electrons. The average molecular weight is 335 g/mol. The Labute approximate surface area is 141 Å². The molecule has 132 valence electrons. The van der Waals surface area contributed by atoms with Gasteiger partial charge in [0.2, 0.25) is 5.91 Å². The molecule has 2 rings (SSSR count). The van der Waals surface area contributed by atoms with Crippen molar-refractivity contribution >= 4 is 11.8 Å². The number of nitrogens with two attached hydrogens (primary N) is 1. The van der Waals surface area contributed by atoms with Gasteiger partial charge in [-0.05, 0) is 38.3 Å². The van der Waals surface area contributed by atoms with Crippen molar-refractivity contribution in [2.24, 2.45) is 12.8 Å². The number of pyridine rings is 1. The molecule has 1 aliphatic heterocycles. The highest BCUT2D eigenvalue weighted by atomic mass is 16.5. The van der Waals surface area contributed by atoms with Gasteiger partial charge >= 0.3 is 0 Å². The number of rotatable bonds is 5. The summed E-state index contributed by atoms with van der Waals surface area (Å²) < 4.78 is 7.10. The first-order valence-electron chi connectivity index (χ1n) is 8.09. The quantitative estimate of drug-likeness (QED) is 0.851. The molecule has 1 fully saturated rings. The Kier molecular flexibility index (Phi) is 5.43. The van der Waals surface area contributed by atoms with Crippen LogP contribution in [-0.2, 0) is 16.6 Å². The van der Waals surface area contributed by atoms with Crippen molar-refractivity contribution in [1.82, 2.24) is 9.47 Å². The summed E-state index contributed by atoms with van der Waals surface area (Å²) in [6, 6.07) is 3.34.